The van der Waals surface area contributed by atoms with Gasteiger partial charge in [-0.3, -0.25) is 4.79 Å². The number of carbonyl (C=O) groups excluding carboxylic acids is 1. The first-order chi connectivity index (χ1) is 10.2. The average molecular weight is 309 g/mol. The molecule has 0 aliphatic carbocycles. The minimum Gasteiger partial charge on any atom is -0.382 e. The molecule has 0 radical (unpaired) electrons. The van der Waals surface area contributed by atoms with Crippen molar-refractivity contribution < 1.29 is 18.7 Å². The van der Waals surface area contributed by atoms with Crippen LogP contribution in [0, 0.1) is 17.0 Å². The van der Waals surface area contributed by atoms with E-state index in [-0.39, 0.29) is 17.9 Å². The Morgan fingerprint density at radius 2 is 2.05 bits per heavy atom. The molecular weight excluding hydrogens is 292 g/mol. The molecule has 1 aromatic carbocycles. The highest BCUT2D eigenvalue weighted by molar-refractivity contribution is 5.83. The van der Waals surface area contributed by atoms with Crippen molar-refractivity contribution in [3.63, 3.8) is 0 Å². The predicted molar refractivity (Wildman–Crippen MR) is 74.7 cm³/mol. The van der Waals surface area contributed by atoms with Crippen LogP contribution in [0.15, 0.2) is 30.9 Å². The Kier molecular flexibility index (Phi) is 4.10. The predicted octanol–water partition coefficient (Wildman–Crippen LogP) is 2.06. The topological polar surface area (TPSA) is 68.0 Å². The van der Waals surface area contributed by atoms with Gasteiger partial charge in [-0.15, -0.1) is 0 Å². The average Bonchev–Trinajstić information content (AvgIpc) is 2.90. The number of Topliss-reactive ketones (excluding diaryl/α,β-unsaturated/α-hetero) is 1. The van der Waals surface area contributed by atoms with Crippen molar-refractivity contribution in [3.05, 3.63) is 48.1 Å². The molecule has 0 bridgehead atoms. The van der Waals surface area contributed by atoms with Crippen molar-refractivity contribution in [1.82, 2.24) is 14.8 Å². The Morgan fingerprint density at radius 3 is 2.55 bits per heavy atom. The number of benzene rings is 1. The van der Waals surface area contributed by atoms with Crippen LogP contribution in [0.4, 0.5) is 8.78 Å². The van der Waals surface area contributed by atoms with Gasteiger partial charge in [0.2, 0.25) is 0 Å². The Morgan fingerprint density at radius 1 is 1.36 bits per heavy atom. The number of aromatic nitrogens is 3. The normalized spacial score (nSPS) is 14.6. The summed E-state index contributed by atoms with van der Waals surface area (Å²) in [4.78, 5) is 15.8. The standard InChI is InChI=1S/C15H17F2N3O2/c1-10(21)14(2,3)15(22,7-20-9-18-8-19-20)12-5-4-11(16)6-13(12)17/h4-6,8-9,22H,7H2,1-3H3. The zero-order valence-corrected chi connectivity index (χ0v) is 12.5. The van der Waals surface area contributed by atoms with Crippen LogP contribution in [-0.4, -0.2) is 25.7 Å². The number of rotatable bonds is 5. The monoisotopic (exact) mass is 309 g/mol. The van der Waals surface area contributed by atoms with Gasteiger partial charge in [0, 0.05) is 11.6 Å². The number of hydrogen-bond donors (Lipinski definition) is 1. The van der Waals surface area contributed by atoms with Gasteiger partial charge in [-0.05, 0) is 26.8 Å². The van der Waals surface area contributed by atoms with E-state index in [1.807, 2.05) is 0 Å². The third kappa shape index (κ3) is 2.64. The summed E-state index contributed by atoms with van der Waals surface area (Å²) in [6, 6.07) is 2.87. The number of hydrogen-bond acceptors (Lipinski definition) is 4. The number of halogens is 2. The maximum atomic E-state index is 14.2. The summed E-state index contributed by atoms with van der Waals surface area (Å²) in [7, 11) is 0. The van der Waals surface area contributed by atoms with Crippen LogP contribution in [0.25, 0.3) is 0 Å². The molecule has 0 aliphatic heterocycles. The van der Waals surface area contributed by atoms with Crippen molar-refractivity contribution in [3.8, 4) is 0 Å². The largest absolute Gasteiger partial charge is 0.382 e. The van der Waals surface area contributed by atoms with Crippen LogP contribution in [0.5, 0.6) is 0 Å². The molecule has 1 heterocycles. The van der Waals surface area contributed by atoms with E-state index in [0.717, 1.165) is 12.1 Å². The highest BCUT2D eigenvalue weighted by Crippen LogP contribution is 2.42. The van der Waals surface area contributed by atoms with Gasteiger partial charge < -0.3 is 5.11 Å². The molecule has 2 aromatic rings. The smallest absolute Gasteiger partial charge is 0.138 e. The maximum Gasteiger partial charge on any atom is 0.138 e. The van der Waals surface area contributed by atoms with Gasteiger partial charge in [-0.25, -0.2) is 18.4 Å². The lowest BCUT2D eigenvalue weighted by atomic mass is 9.68. The van der Waals surface area contributed by atoms with Crippen LogP contribution in [-0.2, 0) is 16.9 Å². The fourth-order valence-electron chi connectivity index (χ4n) is 2.28. The number of aliphatic hydroxyl groups is 1. The number of nitrogens with zero attached hydrogens (tertiary/aromatic N) is 3. The van der Waals surface area contributed by atoms with Crippen LogP contribution in [0.3, 0.4) is 0 Å². The molecule has 118 valence electrons. The first kappa shape index (κ1) is 16.2. The molecule has 1 aromatic heterocycles. The van der Waals surface area contributed by atoms with E-state index in [4.69, 9.17) is 0 Å². The number of carbonyl (C=O) groups is 1. The lowest BCUT2D eigenvalue weighted by molar-refractivity contribution is -0.147. The SMILES string of the molecule is CC(=O)C(C)(C)C(O)(Cn1cncn1)c1ccc(F)cc1F. The zero-order valence-electron chi connectivity index (χ0n) is 12.5. The molecular formula is C15H17F2N3O2. The second-order valence-electron chi connectivity index (χ2n) is 5.76. The highest BCUT2D eigenvalue weighted by atomic mass is 19.1. The van der Waals surface area contributed by atoms with Crippen molar-refractivity contribution >= 4 is 5.78 Å². The van der Waals surface area contributed by atoms with Crippen molar-refractivity contribution in [1.29, 1.82) is 0 Å². The maximum absolute atomic E-state index is 14.2. The Bertz CT molecular complexity index is 686. The molecule has 0 saturated heterocycles. The van der Waals surface area contributed by atoms with Gasteiger partial charge >= 0.3 is 0 Å². The van der Waals surface area contributed by atoms with Crippen LogP contribution >= 0.6 is 0 Å². The lowest BCUT2D eigenvalue weighted by Crippen LogP contribution is -2.50. The summed E-state index contributed by atoms with van der Waals surface area (Å²) in [5, 5.41) is 15.0. The first-order valence-electron chi connectivity index (χ1n) is 6.70. The Hall–Kier alpha value is -2.15. The molecule has 5 nitrogen and oxygen atoms in total. The van der Waals surface area contributed by atoms with E-state index in [9.17, 15) is 18.7 Å². The molecule has 1 N–H and O–H groups in total. The Labute approximate surface area is 126 Å². The van der Waals surface area contributed by atoms with E-state index >= 15 is 0 Å². The summed E-state index contributed by atoms with van der Waals surface area (Å²) in [6.07, 6.45) is 2.62. The fourth-order valence-corrected chi connectivity index (χ4v) is 2.28. The van der Waals surface area contributed by atoms with Crippen molar-refractivity contribution in [2.24, 2.45) is 5.41 Å². The summed E-state index contributed by atoms with van der Waals surface area (Å²) in [6.45, 7) is 4.14. The molecule has 0 spiro atoms. The quantitative estimate of drug-likeness (QED) is 0.918. The van der Waals surface area contributed by atoms with Crippen molar-refractivity contribution in [2.45, 2.75) is 32.9 Å². The zero-order chi connectivity index (χ0) is 16.5. The van der Waals surface area contributed by atoms with Gasteiger partial charge in [-0.1, -0.05) is 6.07 Å². The van der Waals surface area contributed by atoms with Crippen LogP contribution < -0.4 is 0 Å². The van der Waals surface area contributed by atoms with Gasteiger partial charge in [-0.2, -0.15) is 5.10 Å². The molecule has 2 rings (SSSR count). The second kappa shape index (κ2) is 5.57. The molecule has 22 heavy (non-hydrogen) atoms. The Balaban J connectivity index is 2.61. The highest BCUT2D eigenvalue weighted by Gasteiger charge is 2.50. The van der Waals surface area contributed by atoms with E-state index in [2.05, 4.69) is 10.1 Å². The first-order valence-corrected chi connectivity index (χ1v) is 6.70. The van der Waals surface area contributed by atoms with Gasteiger partial charge in [0.15, 0.2) is 0 Å². The molecule has 0 aliphatic rings. The fraction of sp³-hybridized carbons (Fsp3) is 0.400. The molecule has 1 unspecified atom stereocenters. The summed E-state index contributed by atoms with van der Waals surface area (Å²) in [5.74, 6) is -2.01. The van der Waals surface area contributed by atoms with E-state index in [1.165, 1.54) is 38.1 Å². The molecule has 1 atom stereocenters. The van der Waals surface area contributed by atoms with E-state index < -0.39 is 22.7 Å². The minimum absolute atomic E-state index is 0.162. The second-order valence-corrected chi connectivity index (χ2v) is 5.76. The molecule has 7 heteroatoms. The lowest BCUT2D eigenvalue weighted by Gasteiger charge is -2.41. The summed E-state index contributed by atoms with van der Waals surface area (Å²) >= 11 is 0. The van der Waals surface area contributed by atoms with E-state index in [1.54, 1.807) is 0 Å². The number of ketones is 1. The van der Waals surface area contributed by atoms with Gasteiger partial charge in [0.05, 0.1) is 12.0 Å². The van der Waals surface area contributed by atoms with Gasteiger partial charge in [0.25, 0.3) is 0 Å². The molecule has 0 saturated carbocycles. The van der Waals surface area contributed by atoms with E-state index in [0.29, 0.717) is 6.07 Å². The summed E-state index contributed by atoms with van der Waals surface area (Å²) < 4.78 is 28.7. The van der Waals surface area contributed by atoms with Crippen molar-refractivity contribution in [2.75, 3.05) is 0 Å². The summed E-state index contributed by atoms with van der Waals surface area (Å²) in [5.41, 5.74) is -3.40. The molecule has 0 fully saturated rings. The minimum atomic E-state index is -1.91. The molecule has 0 amide bonds. The van der Waals surface area contributed by atoms with Crippen LogP contribution in [0.1, 0.15) is 26.3 Å². The third-order valence-corrected chi connectivity index (χ3v) is 4.15. The van der Waals surface area contributed by atoms with Crippen LogP contribution in [0.2, 0.25) is 0 Å². The van der Waals surface area contributed by atoms with Gasteiger partial charge in [0.1, 0.15) is 35.7 Å². The third-order valence-electron chi connectivity index (χ3n) is 4.15.